The van der Waals surface area contributed by atoms with Crippen molar-refractivity contribution in [3.63, 3.8) is 0 Å². The number of nitrogen functional groups attached to an aromatic ring is 1. The van der Waals surface area contributed by atoms with Crippen molar-refractivity contribution < 1.29 is 4.42 Å². The molecule has 3 aromatic rings. The van der Waals surface area contributed by atoms with Gasteiger partial charge in [-0.15, -0.1) is 0 Å². The maximum absolute atomic E-state index is 5.86. The standard InChI is InChI=1S/C18H20N4O/c19-15-5-3-4-14(12-15)13-21-8-10-22(11-9-21)18-20-16-6-1-2-7-17(16)23-18/h1-7,12H,8-11,13,19H2. The molecule has 1 fully saturated rings. The summed E-state index contributed by atoms with van der Waals surface area (Å²) < 4.78 is 5.86. The van der Waals surface area contributed by atoms with Crippen molar-refractivity contribution in [3.8, 4) is 0 Å². The number of rotatable bonds is 3. The number of hydrogen-bond acceptors (Lipinski definition) is 5. The van der Waals surface area contributed by atoms with Crippen LogP contribution in [0.4, 0.5) is 11.7 Å². The average Bonchev–Trinajstić information content (AvgIpc) is 2.99. The molecule has 0 spiro atoms. The fourth-order valence-corrected chi connectivity index (χ4v) is 3.04. The quantitative estimate of drug-likeness (QED) is 0.754. The molecule has 2 aromatic carbocycles. The summed E-state index contributed by atoms with van der Waals surface area (Å²) in [7, 11) is 0. The van der Waals surface area contributed by atoms with Gasteiger partial charge in [0.15, 0.2) is 5.58 Å². The third kappa shape index (κ3) is 3.00. The lowest BCUT2D eigenvalue weighted by Gasteiger charge is -2.33. The Balaban J connectivity index is 1.40. The molecule has 0 saturated carbocycles. The van der Waals surface area contributed by atoms with Crippen LogP contribution in [0.25, 0.3) is 11.1 Å². The molecule has 1 aliphatic rings. The molecular weight excluding hydrogens is 288 g/mol. The number of aromatic nitrogens is 1. The molecule has 0 aliphatic carbocycles. The predicted molar refractivity (Wildman–Crippen MR) is 92.4 cm³/mol. The third-order valence-corrected chi connectivity index (χ3v) is 4.28. The molecule has 0 amide bonds. The lowest BCUT2D eigenvalue weighted by Crippen LogP contribution is -2.46. The van der Waals surface area contributed by atoms with E-state index < -0.39 is 0 Å². The first-order valence-corrected chi connectivity index (χ1v) is 7.95. The van der Waals surface area contributed by atoms with Crippen LogP contribution >= 0.6 is 0 Å². The van der Waals surface area contributed by atoms with Crippen LogP contribution in [-0.4, -0.2) is 36.1 Å². The molecule has 1 aliphatic heterocycles. The second-order valence-corrected chi connectivity index (χ2v) is 5.97. The molecule has 0 radical (unpaired) electrons. The second kappa shape index (κ2) is 5.93. The summed E-state index contributed by atoms with van der Waals surface area (Å²) in [5.74, 6) is 0. The zero-order valence-electron chi connectivity index (χ0n) is 13.0. The number of nitrogens with zero attached hydrogens (tertiary/aromatic N) is 3. The molecule has 0 bridgehead atoms. The first-order chi connectivity index (χ1) is 11.3. The minimum absolute atomic E-state index is 0.731. The van der Waals surface area contributed by atoms with Crippen molar-refractivity contribution in [1.29, 1.82) is 0 Å². The summed E-state index contributed by atoms with van der Waals surface area (Å²) in [6.45, 7) is 4.78. The van der Waals surface area contributed by atoms with Crippen molar-refractivity contribution in [2.45, 2.75) is 6.54 Å². The molecule has 0 atom stereocenters. The molecule has 1 aromatic heterocycles. The van der Waals surface area contributed by atoms with E-state index in [1.54, 1.807) is 0 Å². The number of benzene rings is 2. The van der Waals surface area contributed by atoms with Crippen LogP contribution in [-0.2, 0) is 6.54 Å². The smallest absolute Gasteiger partial charge is 0.298 e. The lowest BCUT2D eigenvalue weighted by atomic mass is 10.2. The molecule has 2 N–H and O–H groups in total. The summed E-state index contributed by atoms with van der Waals surface area (Å²) in [4.78, 5) is 9.24. The number of piperazine rings is 1. The Hall–Kier alpha value is -2.53. The van der Waals surface area contributed by atoms with Gasteiger partial charge in [0.1, 0.15) is 5.52 Å². The van der Waals surface area contributed by atoms with E-state index in [2.05, 4.69) is 20.9 Å². The molecule has 2 heterocycles. The number of fused-ring (bicyclic) bond motifs is 1. The van der Waals surface area contributed by atoms with Crippen molar-refractivity contribution in [2.75, 3.05) is 36.8 Å². The van der Waals surface area contributed by atoms with Gasteiger partial charge in [0.25, 0.3) is 6.01 Å². The van der Waals surface area contributed by atoms with E-state index in [0.29, 0.717) is 0 Å². The highest BCUT2D eigenvalue weighted by Gasteiger charge is 2.21. The largest absolute Gasteiger partial charge is 0.423 e. The van der Waals surface area contributed by atoms with Gasteiger partial charge in [-0.2, -0.15) is 4.98 Å². The van der Waals surface area contributed by atoms with E-state index >= 15 is 0 Å². The number of anilines is 2. The Bertz CT molecular complexity index is 772. The van der Waals surface area contributed by atoms with Gasteiger partial charge in [0.05, 0.1) is 0 Å². The first-order valence-electron chi connectivity index (χ1n) is 7.95. The Morgan fingerprint density at radius 1 is 1.00 bits per heavy atom. The molecule has 5 nitrogen and oxygen atoms in total. The maximum atomic E-state index is 5.86. The van der Waals surface area contributed by atoms with Gasteiger partial charge in [-0.1, -0.05) is 24.3 Å². The fourth-order valence-electron chi connectivity index (χ4n) is 3.04. The molecule has 118 valence electrons. The highest BCUT2D eigenvalue weighted by molar-refractivity contribution is 5.74. The zero-order valence-corrected chi connectivity index (χ0v) is 13.0. The summed E-state index contributed by atoms with van der Waals surface area (Å²) in [6.07, 6.45) is 0. The summed E-state index contributed by atoms with van der Waals surface area (Å²) in [6, 6.07) is 16.7. The molecule has 4 rings (SSSR count). The molecular formula is C18H20N4O. The van der Waals surface area contributed by atoms with E-state index in [9.17, 15) is 0 Å². The van der Waals surface area contributed by atoms with Crippen LogP contribution in [0, 0.1) is 0 Å². The van der Waals surface area contributed by atoms with E-state index in [1.165, 1.54) is 5.56 Å². The van der Waals surface area contributed by atoms with Gasteiger partial charge in [0, 0.05) is 38.4 Å². The van der Waals surface area contributed by atoms with Crippen LogP contribution in [0.1, 0.15) is 5.56 Å². The predicted octanol–water partition coefficient (Wildman–Crippen LogP) is 2.73. The number of hydrogen-bond donors (Lipinski definition) is 1. The Morgan fingerprint density at radius 2 is 1.83 bits per heavy atom. The zero-order chi connectivity index (χ0) is 15.6. The van der Waals surface area contributed by atoms with Gasteiger partial charge in [0.2, 0.25) is 0 Å². The van der Waals surface area contributed by atoms with Gasteiger partial charge >= 0.3 is 0 Å². The second-order valence-electron chi connectivity index (χ2n) is 5.97. The first kappa shape index (κ1) is 14.1. The minimum atomic E-state index is 0.731. The minimum Gasteiger partial charge on any atom is -0.423 e. The van der Waals surface area contributed by atoms with Crippen LogP contribution in [0.5, 0.6) is 0 Å². The van der Waals surface area contributed by atoms with Gasteiger partial charge in [-0.3, -0.25) is 4.90 Å². The highest BCUT2D eigenvalue weighted by Crippen LogP contribution is 2.23. The number of nitrogens with two attached hydrogens (primary N) is 1. The van der Waals surface area contributed by atoms with E-state index in [1.807, 2.05) is 42.5 Å². The fraction of sp³-hybridized carbons (Fsp3) is 0.278. The lowest BCUT2D eigenvalue weighted by molar-refractivity contribution is 0.245. The van der Waals surface area contributed by atoms with Crippen molar-refractivity contribution in [1.82, 2.24) is 9.88 Å². The van der Waals surface area contributed by atoms with Crippen molar-refractivity contribution in [3.05, 3.63) is 54.1 Å². The van der Waals surface area contributed by atoms with Gasteiger partial charge in [-0.05, 0) is 29.8 Å². The molecule has 23 heavy (non-hydrogen) atoms. The Labute approximate surface area is 135 Å². The summed E-state index contributed by atoms with van der Waals surface area (Å²) >= 11 is 0. The van der Waals surface area contributed by atoms with E-state index in [-0.39, 0.29) is 0 Å². The topological polar surface area (TPSA) is 58.5 Å². The number of oxazole rings is 1. The average molecular weight is 308 g/mol. The maximum Gasteiger partial charge on any atom is 0.298 e. The molecule has 1 saturated heterocycles. The SMILES string of the molecule is Nc1cccc(CN2CCN(c3nc4ccccc4o3)CC2)c1. The van der Waals surface area contributed by atoms with Gasteiger partial charge < -0.3 is 15.1 Å². The van der Waals surface area contributed by atoms with Gasteiger partial charge in [-0.25, -0.2) is 0 Å². The normalized spacial score (nSPS) is 16.1. The Kier molecular flexibility index (Phi) is 3.63. The summed E-state index contributed by atoms with van der Waals surface area (Å²) in [5.41, 5.74) is 9.71. The highest BCUT2D eigenvalue weighted by atomic mass is 16.4. The van der Waals surface area contributed by atoms with E-state index in [0.717, 1.165) is 55.5 Å². The summed E-state index contributed by atoms with van der Waals surface area (Å²) in [5, 5.41) is 0. The Morgan fingerprint density at radius 3 is 2.61 bits per heavy atom. The molecule has 5 heteroatoms. The van der Waals surface area contributed by atoms with Crippen molar-refractivity contribution in [2.24, 2.45) is 0 Å². The molecule has 0 unspecified atom stereocenters. The van der Waals surface area contributed by atoms with Crippen LogP contribution in [0.2, 0.25) is 0 Å². The number of para-hydroxylation sites is 2. The third-order valence-electron chi connectivity index (χ3n) is 4.28. The van der Waals surface area contributed by atoms with Crippen LogP contribution in [0.15, 0.2) is 52.9 Å². The van der Waals surface area contributed by atoms with Crippen molar-refractivity contribution >= 4 is 22.8 Å². The monoisotopic (exact) mass is 308 g/mol. The van der Waals surface area contributed by atoms with Crippen LogP contribution < -0.4 is 10.6 Å². The van der Waals surface area contributed by atoms with Crippen LogP contribution in [0.3, 0.4) is 0 Å². The van der Waals surface area contributed by atoms with E-state index in [4.69, 9.17) is 10.2 Å².